The Labute approximate surface area is 108 Å². The van der Waals surface area contributed by atoms with Crippen LogP contribution in [0.2, 0.25) is 0 Å². The number of benzene rings is 1. The normalized spacial score (nSPS) is 10.8. The Morgan fingerprint density at radius 3 is 2.88 bits per heavy atom. The molecule has 1 heterocycles. The van der Waals surface area contributed by atoms with Crippen molar-refractivity contribution in [1.29, 1.82) is 0 Å². The molecular weight excluding hydrogens is 282 g/mol. The molecule has 90 valence electrons. The summed E-state index contributed by atoms with van der Waals surface area (Å²) in [4.78, 5) is 11.5. The van der Waals surface area contributed by atoms with E-state index in [-0.39, 0.29) is 5.97 Å². The summed E-state index contributed by atoms with van der Waals surface area (Å²) >= 11 is 3.50. The van der Waals surface area contributed by atoms with Gasteiger partial charge in [0.2, 0.25) is 5.88 Å². The molecule has 3 nitrogen and oxygen atoms in total. The molecule has 0 saturated carbocycles. The SMILES string of the molecule is CCCC(=O)Oc1cc2cccc(Br)c2n1C. The van der Waals surface area contributed by atoms with Gasteiger partial charge in [0.05, 0.1) is 5.52 Å². The van der Waals surface area contributed by atoms with Crippen molar-refractivity contribution in [3.8, 4) is 5.88 Å². The first-order chi connectivity index (χ1) is 8.13. The lowest BCUT2D eigenvalue weighted by atomic mass is 10.2. The van der Waals surface area contributed by atoms with Crippen LogP contribution < -0.4 is 4.74 Å². The topological polar surface area (TPSA) is 31.2 Å². The number of hydrogen-bond donors (Lipinski definition) is 0. The van der Waals surface area contributed by atoms with Gasteiger partial charge < -0.3 is 9.30 Å². The van der Waals surface area contributed by atoms with Crippen LogP contribution in [0.25, 0.3) is 10.9 Å². The van der Waals surface area contributed by atoms with Gasteiger partial charge in [-0.3, -0.25) is 4.79 Å². The van der Waals surface area contributed by atoms with Gasteiger partial charge >= 0.3 is 5.97 Å². The largest absolute Gasteiger partial charge is 0.409 e. The number of hydrogen-bond acceptors (Lipinski definition) is 2. The molecule has 1 aromatic heterocycles. The number of fused-ring (bicyclic) bond motifs is 1. The predicted molar refractivity (Wildman–Crippen MR) is 71.2 cm³/mol. The summed E-state index contributed by atoms with van der Waals surface area (Å²) in [6.07, 6.45) is 1.25. The van der Waals surface area contributed by atoms with Gasteiger partial charge in [0.15, 0.2) is 0 Å². The van der Waals surface area contributed by atoms with E-state index in [0.29, 0.717) is 12.3 Å². The third kappa shape index (κ3) is 2.36. The maximum Gasteiger partial charge on any atom is 0.312 e. The Balaban J connectivity index is 2.39. The number of aromatic nitrogens is 1. The third-order valence-electron chi connectivity index (χ3n) is 2.64. The standard InChI is InChI=1S/C13H14BrNO2/c1-3-5-12(16)17-11-8-9-6-4-7-10(14)13(9)15(11)2/h4,6-8H,3,5H2,1-2H3. The molecule has 17 heavy (non-hydrogen) atoms. The highest BCUT2D eigenvalue weighted by Crippen LogP contribution is 2.30. The quantitative estimate of drug-likeness (QED) is 0.810. The van der Waals surface area contributed by atoms with Gasteiger partial charge in [0.25, 0.3) is 0 Å². The van der Waals surface area contributed by atoms with E-state index in [2.05, 4.69) is 15.9 Å². The summed E-state index contributed by atoms with van der Waals surface area (Å²) < 4.78 is 8.21. The van der Waals surface area contributed by atoms with Crippen LogP contribution in [0, 0.1) is 0 Å². The molecule has 0 atom stereocenters. The smallest absolute Gasteiger partial charge is 0.312 e. The first-order valence-electron chi connectivity index (χ1n) is 5.58. The van der Waals surface area contributed by atoms with Crippen LogP contribution in [-0.2, 0) is 11.8 Å². The summed E-state index contributed by atoms with van der Waals surface area (Å²) in [7, 11) is 1.89. The molecule has 0 radical (unpaired) electrons. The lowest BCUT2D eigenvalue weighted by molar-refractivity contribution is -0.134. The summed E-state index contributed by atoms with van der Waals surface area (Å²) in [5.41, 5.74) is 1.03. The zero-order valence-electron chi connectivity index (χ0n) is 9.87. The predicted octanol–water partition coefficient (Wildman–Crippen LogP) is 3.65. The Hall–Kier alpha value is -1.29. The second kappa shape index (κ2) is 4.92. The Bertz CT molecular complexity index is 560. The molecule has 0 amide bonds. The molecule has 0 unspecified atom stereocenters. The molecule has 0 N–H and O–H groups in total. The van der Waals surface area contributed by atoms with E-state index in [4.69, 9.17) is 4.74 Å². The fraction of sp³-hybridized carbons (Fsp3) is 0.308. The van der Waals surface area contributed by atoms with Crippen LogP contribution in [0.4, 0.5) is 0 Å². The molecule has 0 saturated heterocycles. The van der Waals surface area contributed by atoms with Crippen molar-refractivity contribution in [3.05, 3.63) is 28.7 Å². The minimum Gasteiger partial charge on any atom is -0.409 e. The van der Waals surface area contributed by atoms with Gasteiger partial charge in [0, 0.05) is 29.4 Å². The number of para-hydroxylation sites is 1. The van der Waals surface area contributed by atoms with Crippen molar-refractivity contribution in [2.24, 2.45) is 7.05 Å². The summed E-state index contributed by atoms with van der Waals surface area (Å²) in [5.74, 6) is 0.403. The van der Waals surface area contributed by atoms with Crippen molar-refractivity contribution in [3.63, 3.8) is 0 Å². The monoisotopic (exact) mass is 295 g/mol. The Kier molecular flexibility index (Phi) is 3.52. The van der Waals surface area contributed by atoms with E-state index in [0.717, 1.165) is 21.8 Å². The molecule has 2 aromatic rings. The second-order valence-electron chi connectivity index (χ2n) is 3.94. The maximum absolute atomic E-state index is 11.5. The van der Waals surface area contributed by atoms with E-state index >= 15 is 0 Å². The van der Waals surface area contributed by atoms with Gasteiger partial charge in [-0.15, -0.1) is 0 Å². The first kappa shape index (κ1) is 12.2. The van der Waals surface area contributed by atoms with Gasteiger partial charge in [-0.05, 0) is 28.4 Å². The molecular formula is C13H14BrNO2. The van der Waals surface area contributed by atoms with E-state index in [1.807, 2.05) is 42.8 Å². The zero-order valence-corrected chi connectivity index (χ0v) is 11.5. The van der Waals surface area contributed by atoms with Crippen LogP contribution in [0.1, 0.15) is 19.8 Å². The number of esters is 1. The molecule has 1 aromatic carbocycles. The highest BCUT2D eigenvalue weighted by molar-refractivity contribution is 9.10. The summed E-state index contributed by atoms with van der Waals surface area (Å²) in [6.45, 7) is 1.96. The van der Waals surface area contributed by atoms with Crippen LogP contribution in [0.15, 0.2) is 28.7 Å². The number of carbonyl (C=O) groups is 1. The highest BCUT2D eigenvalue weighted by Gasteiger charge is 2.12. The molecule has 2 rings (SSSR count). The number of aryl methyl sites for hydroxylation is 1. The van der Waals surface area contributed by atoms with Crippen molar-refractivity contribution < 1.29 is 9.53 Å². The van der Waals surface area contributed by atoms with Crippen molar-refractivity contribution >= 4 is 32.8 Å². The molecule has 0 aliphatic heterocycles. The van der Waals surface area contributed by atoms with Gasteiger partial charge in [-0.2, -0.15) is 0 Å². The Morgan fingerprint density at radius 2 is 2.24 bits per heavy atom. The van der Waals surface area contributed by atoms with E-state index in [1.54, 1.807) is 0 Å². The molecule has 4 heteroatoms. The molecule has 0 aliphatic rings. The average molecular weight is 296 g/mol. The summed E-state index contributed by atoms with van der Waals surface area (Å²) in [6, 6.07) is 7.81. The van der Waals surface area contributed by atoms with Crippen LogP contribution in [0.3, 0.4) is 0 Å². The number of nitrogens with zero attached hydrogens (tertiary/aromatic N) is 1. The van der Waals surface area contributed by atoms with Gasteiger partial charge in [0.1, 0.15) is 0 Å². The minimum absolute atomic E-state index is 0.186. The van der Waals surface area contributed by atoms with Crippen molar-refractivity contribution in [2.45, 2.75) is 19.8 Å². The number of carbonyl (C=O) groups excluding carboxylic acids is 1. The average Bonchev–Trinajstić information content (AvgIpc) is 2.57. The molecule has 0 aliphatic carbocycles. The zero-order chi connectivity index (χ0) is 12.4. The second-order valence-corrected chi connectivity index (χ2v) is 4.80. The molecule has 0 bridgehead atoms. The molecule has 0 fully saturated rings. The highest BCUT2D eigenvalue weighted by atomic mass is 79.9. The van der Waals surface area contributed by atoms with Crippen LogP contribution in [0.5, 0.6) is 5.88 Å². The fourth-order valence-corrected chi connectivity index (χ4v) is 2.46. The van der Waals surface area contributed by atoms with Crippen LogP contribution in [-0.4, -0.2) is 10.5 Å². The van der Waals surface area contributed by atoms with Crippen molar-refractivity contribution in [1.82, 2.24) is 4.57 Å². The fourth-order valence-electron chi connectivity index (χ4n) is 1.81. The van der Waals surface area contributed by atoms with Gasteiger partial charge in [-0.1, -0.05) is 19.1 Å². The maximum atomic E-state index is 11.5. The van der Waals surface area contributed by atoms with Gasteiger partial charge in [-0.25, -0.2) is 0 Å². The van der Waals surface area contributed by atoms with E-state index in [1.165, 1.54) is 0 Å². The Morgan fingerprint density at radius 1 is 1.47 bits per heavy atom. The number of halogens is 1. The lowest BCUT2D eigenvalue weighted by Gasteiger charge is -2.05. The first-order valence-corrected chi connectivity index (χ1v) is 6.37. The van der Waals surface area contributed by atoms with E-state index in [9.17, 15) is 4.79 Å². The summed E-state index contributed by atoms with van der Waals surface area (Å²) in [5, 5.41) is 1.06. The minimum atomic E-state index is -0.186. The number of ether oxygens (including phenoxy) is 1. The van der Waals surface area contributed by atoms with E-state index < -0.39 is 0 Å². The van der Waals surface area contributed by atoms with Crippen LogP contribution >= 0.6 is 15.9 Å². The van der Waals surface area contributed by atoms with Crippen molar-refractivity contribution in [2.75, 3.05) is 0 Å². The number of rotatable bonds is 3. The lowest BCUT2D eigenvalue weighted by Crippen LogP contribution is -2.09. The third-order valence-corrected chi connectivity index (χ3v) is 3.28. The molecule has 0 spiro atoms.